The first-order valence-corrected chi connectivity index (χ1v) is 6.30. The molecule has 6 nitrogen and oxygen atoms in total. The first-order chi connectivity index (χ1) is 10.1. The molecule has 4 rings (SSSR count). The van der Waals surface area contributed by atoms with Crippen LogP contribution in [0.5, 0.6) is 11.5 Å². The van der Waals surface area contributed by atoms with Crippen molar-refractivity contribution < 1.29 is 28.9 Å². The Morgan fingerprint density at radius 3 is 2.57 bits per heavy atom. The van der Waals surface area contributed by atoms with Crippen LogP contribution in [0.1, 0.15) is 16.1 Å². The Kier molecular flexibility index (Phi) is 2.16. The van der Waals surface area contributed by atoms with Crippen LogP contribution in [0.2, 0.25) is 0 Å². The van der Waals surface area contributed by atoms with E-state index in [0.29, 0.717) is 12.2 Å². The Bertz CT molecular complexity index is 855. The van der Waals surface area contributed by atoms with Crippen LogP contribution >= 0.6 is 0 Å². The van der Waals surface area contributed by atoms with Crippen LogP contribution in [-0.4, -0.2) is 29.2 Å². The van der Waals surface area contributed by atoms with E-state index in [4.69, 9.17) is 13.9 Å². The van der Waals surface area contributed by atoms with Crippen LogP contribution < -0.4 is 0 Å². The van der Waals surface area contributed by atoms with Gasteiger partial charge in [-0.3, -0.25) is 4.79 Å². The molecule has 0 spiro atoms. The summed E-state index contributed by atoms with van der Waals surface area (Å²) in [4.78, 5) is 12.6. The largest absolute Gasteiger partial charge is 0.508 e. The number of carbonyl (C=O) groups is 1. The number of Topliss-reactive ketones (excluding diaryl/α,β-unsaturated/α-hetero) is 1. The van der Waals surface area contributed by atoms with E-state index in [2.05, 4.69) is 6.58 Å². The fourth-order valence-electron chi connectivity index (χ4n) is 2.65. The van der Waals surface area contributed by atoms with Crippen molar-refractivity contribution in [2.45, 2.75) is 0 Å². The van der Waals surface area contributed by atoms with Gasteiger partial charge in [-0.2, -0.15) is 0 Å². The smallest absolute Gasteiger partial charge is 0.236 e. The van der Waals surface area contributed by atoms with Crippen molar-refractivity contribution in [3.8, 4) is 11.5 Å². The number of fused-ring (bicyclic) bond motifs is 3. The Hall–Kier alpha value is -2.89. The van der Waals surface area contributed by atoms with Crippen LogP contribution in [0, 0.1) is 0 Å². The third kappa shape index (κ3) is 1.44. The van der Waals surface area contributed by atoms with E-state index in [1.807, 2.05) is 0 Å². The summed E-state index contributed by atoms with van der Waals surface area (Å²) in [5.41, 5.74) is 0.762. The average Bonchev–Trinajstić information content (AvgIpc) is 2.84. The highest BCUT2D eigenvalue weighted by Gasteiger charge is 2.38. The van der Waals surface area contributed by atoms with Gasteiger partial charge < -0.3 is 24.1 Å². The number of hydrogen-bond acceptors (Lipinski definition) is 6. The lowest BCUT2D eigenvalue weighted by atomic mass is 9.93. The van der Waals surface area contributed by atoms with Gasteiger partial charge in [0.05, 0.1) is 16.5 Å². The van der Waals surface area contributed by atoms with Crippen molar-refractivity contribution in [2.75, 3.05) is 13.2 Å². The zero-order valence-corrected chi connectivity index (χ0v) is 10.8. The van der Waals surface area contributed by atoms with Gasteiger partial charge >= 0.3 is 0 Å². The lowest BCUT2D eigenvalue weighted by Crippen LogP contribution is -2.24. The molecule has 2 aromatic rings. The minimum Gasteiger partial charge on any atom is -0.508 e. The normalized spacial score (nSPS) is 17.3. The molecule has 2 N–H and O–H groups in total. The summed E-state index contributed by atoms with van der Waals surface area (Å²) in [6.45, 7) is 4.47. The Balaban J connectivity index is 2.06. The standard InChI is InChI=1S/C15H10O6/c1-6-13-11(12(18)15-14(6)19-2-3-20-15)10-8(17)4-7(16)5-9(10)21-13/h4-5,16-17H,1-3H2. The molecule has 1 aromatic heterocycles. The van der Waals surface area contributed by atoms with E-state index >= 15 is 0 Å². The molecule has 2 heterocycles. The number of rotatable bonds is 0. The maximum atomic E-state index is 12.6. The average molecular weight is 286 g/mol. The van der Waals surface area contributed by atoms with E-state index in [1.165, 1.54) is 6.07 Å². The van der Waals surface area contributed by atoms with Crippen molar-refractivity contribution in [3.63, 3.8) is 0 Å². The van der Waals surface area contributed by atoms with Crippen LogP contribution in [0.25, 0.3) is 16.5 Å². The minimum atomic E-state index is -0.424. The van der Waals surface area contributed by atoms with Crippen LogP contribution in [-0.2, 0) is 9.47 Å². The lowest BCUT2D eigenvalue weighted by molar-refractivity contribution is 0.0565. The molecule has 2 aliphatic rings. The summed E-state index contributed by atoms with van der Waals surface area (Å²) in [7, 11) is 0. The van der Waals surface area contributed by atoms with Gasteiger partial charge in [-0.25, -0.2) is 0 Å². The van der Waals surface area contributed by atoms with Gasteiger partial charge in [0.2, 0.25) is 11.5 Å². The maximum Gasteiger partial charge on any atom is 0.236 e. The number of phenolic OH excluding ortho intramolecular Hbond substituents is 2. The molecule has 0 saturated carbocycles. The number of ketones is 1. The molecule has 21 heavy (non-hydrogen) atoms. The van der Waals surface area contributed by atoms with Crippen molar-refractivity contribution in [1.29, 1.82) is 0 Å². The monoisotopic (exact) mass is 286 g/mol. The van der Waals surface area contributed by atoms with Crippen molar-refractivity contribution >= 4 is 22.3 Å². The number of hydrogen-bond donors (Lipinski definition) is 2. The third-order valence-corrected chi connectivity index (χ3v) is 3.52. The molecule has 0 atom stereocenters. The second kappa shape index (κ2) is 3.82. The van der Waals surface area contributed by atoms with Crippen molar-refractivity contribution in [3.05, 3.63) is 41.6 Å². The lowest BCUT2D eigenvalue weighted by Gasteiger charge is -2.25. The summed E-state index contributed by atoms with van der Waals surface area (Å²) in [6, 6.07) is 2.48. The quantitative estimate of drug-likeness (QED) is 0.772. The summed E-state index contributed by atoms with van der Waals surface area (Å²) in [5, 5.41) is 19.8. The summed E-state index contributed by atoms with van der Waals surface area (Å²) < 4.78 is 16.4. The fraction of sp³-hybridized carbons (Fsp3) is 0.133. The molecule has 6 heteroatoms. The highest BCUT2D eigenvalue weighted by molar-refractivity contribution is 6.22. The second-order valence-corrected chi connectivity index (χ2v) is 4.81. The molecule has 0 fully saturated rings. The number of furan rings is 1. The van der Waals surface area contributed by atoms with Gasteiger partial charge in [0.15, 0.2) is 5.76 Å². The SMILES string of the molecule is C=C1C2=C(OCCO2)C(=O)c2c1oc1cc(O)cc(O)c21. The van der Waals surface area contributed by atoms with Crippen molar-refractivity contribution in [1.82, 2.24) is 0 Å². The zero-order valence-electron chi connectivity index (χ0n) is 10.8. The van der Waals surface area contributed by atoms with E-state index in [0.717, 1.165) is 6.07 Å². The number of phenols is 2. The first kappa shape index (κ1) is 11.9. The number of ether oxygens (including phenoxy) is 2. The van der Waals surface area contributed by atoms with Gasteiger partial charge in [0.25, 0.3) is 0 Å². The Labute approximate surface area is 118 Å². The minimum absolute atomic E-state index is 0.0777. The van der Waals surface area contributed by atoms with Gasteiger partial charge in [0.1, 0.15) is 36.1 Å². The molecule has 1 aromatic carbocycles. The number of allylic oxidation sites excluding steroid dienone is 2. The van der Waals surface area contributed by atoms with Gasteiger partial charge in [-0.1, -0.05) is 6.58 Å². The van der Waals surface area contributed by atoms with E-state index in [1.54, 1.807) is 0 Å². The summed E-state index contributed by atoms with van der Waals surface area (Å²) in [6.07, 6.45) is 0. The Morgan fingerprint density at radius 1 is 1.10 bits per heavy atom. The van der Waals surface area contributed by atoms with E-state index in [9.17, 15) is 15.0 Å². The topological polar surface area (TPSA) is 89.1 Å². The van der Waals surface area contributed by atoms with Crippen molar-refractivity contribution in [2.24, 2.45) is 0 Å². The number of benzene rings is 1. The van der Waals surface area contributed by atoms with Crippen LogP contribution in [0.15, 0.2) is 34.6 Å². The van der Waals surface area contributed by atoms with Gasteiger partial charge in [0, 0.05) is 12.1 Å². The fourth-order valence-corrected chi connectivity index (χ4v) is 2.65. The molecular weight excluding hydrogens is 276 g/mol. The van der Waals surface area contributed by atoms with Gasteiger partial charge in [-0.05, 0) is 0 Å². The predicted octanol–water partition coefficient (Wildman–Crippen LogP) is 2.31. The predicted molar refractivity (Wildman–Crippen MR) is 71.8 cm³/mol. The second-order valence-electron chi connectivity index (χ2n) is 4.81. The highest BCUT2D eigenvalue weighted by Crippen LogP contribution is 2.45. The van der Waals surface area contributed by atoms with Crippen LogP contribution in [0.3, 0.4) is 0 Å². The number of aromatic hydroxyl groups is 2. The molecule has 0 amide bonds. The number of carbonyl (C=O) groups excluding carboxylic acids is 1. The highest BCUT2D eigenvalue weighted by atomic mass is 16.6. The molecule has 1 aliphatic carbocycles. The maximum absolute atomic E-state index is 12.6. The molecule has 106 valence electrons. The molecule has 0 bridgehead atoms. The summed E-state index contributed by atoms with van der Waals surface area (Å²) in [5.74, 6) is -0.256. The molecule has 0 saturated heterocycles. The molecular formula is C15H10O6. The third-order valence-electron chi connectivity index (χ3n) is 3.52. The molecule has 0 radical (unpaired) electrons. The zero-order chi connectivity index (χ0) is 14.7. The van der Waals surface area contributed by atoms with Crippen LogP contribution in [0.4, 0.5) is 0 Å². The Morgan fingerprint density at radius 2 is 1.81 bits per heavy atom. The summed E-state index contributed by atoms with van der Waals surface area (Å²) >= 11 is 0. The van der Waals surface area contributed by atoms with E-state index < -0.39 is 5.78 Å². The molecule has 0 unspecified atom stereocenters. The van der Waals surface area contributed by atoms with E-state index in [-0.39, 0.29) is 51.9 Å². The van der Waals surface area contributed by atoms with Gasteiger partial charge in [-0.15, -0.1) is 0 Å². The first-order valence-electron chi connectivity index (χ1n) is 6.30. The molecule has 1 aliphatic heterocycles.